The number of aryl methyl sites for hydroxylation is 1. The minimum absolute atomic E-state index is 0.368. The first-order valence-corrected chi connectivity index (χ1v) is 12.8. The lowest BCUT2D eigenvalue weighted by Crippen LogP contribution is -2.37. The summed E-state index contributed by atoms with van der Waals surface area (Å²) in [5.74, 6) is 2.65. The highest BCUT2D eigenvalue weighted by atomic mass is 32.2. The second-order valence-electron chi connectivity index (χ2n) is 8.35. The van der Waals surface area contributed by atoms with E-state index in [2.05, 4.69) is 4.90 Å². The van der Waals surface area contributed by atoms with E-state index in [9.17, 15) is 8.42 Å². The van der Waals surface area contributed by atoms with Crippen LogP contribution >= 0.6 is 0 Å². The number of ether oxygens (including phenoxy) is 2. The van der Waals surface area contributed by atoms with E-state index >= 15 is 0 Å². The summed E-state index contributed by atoms with van der Waals surface area (Å²) in [5, 5.41) is 0. The minimum Gasteiger partial charge on any atom is -0.493 e. The van der Waals surface area contributed by atoms with E-state index in [4.69, 9.17) is 14.5 Å². The van der Waals surface area contributed by atoms with E-state index in [-0.39, 0.29) is 0 Å². The fourth-order valence-corrected chi connectivity index (χ4v) is 6.15. The van der Waals surface area contributed by atoms with Gasteiger partial charge < -0.3 is 14.4 Å². The number of aliphatic imine (C=N–C) groups is 1. The topological polar surface area (TPSA) is 71.4 Å². The van der Waals surface area contributed by atoms with Gasteiger partial charge in [-0.2, -0.15) is 4.31 Å². The Morgan fingerprint density at radius 2 is 1.71 bits per heavy atom. The molecule has 34 heavy (non-hydrogen) atoms. The third-order valence-corrected chi connectivity index (χ3v) is 8.27. The number of amidine groups is 1. The third kappa shape index (κ3) is 4.03. The maximum absolute atomic E-state index is 13.4. The van der Waals surface area contributed by atoms with Crippen LogP contribution < -0.4 is 9.47 Å². The molecular formula is C26H27N3O4S. The quantitative estimate of drug-likeness (QED) is 0.552. The second-order valence-corrected chi connectivity index (χ2v) is 10.3. The van der Waals surface area contributed by atoms with Crippen LogP contribution in [-0.4, -0.2) is 56.7 Å². The van der Waals surface area contributed by atoms with Crippen LogP contribution in [-0.2, 0) is 10.0 Å². The summed E-state index contributed by atoms with van der Waals surface area (Å²) in [6, 6.07) is 20.5. The Morgan fingerprint density at radius 1 is 0.912 bits per heavy atom. The van der Waals surface area contributed by atoms with Crippen LogP contribution in [0.5, 0.6) is 17.2 Å². The van der Waals surface area contributed by atoms with Crippen molar-refractivity contribution >= 4 is 21.5 Å². The number of hydrogen-bond acceptors (Lipinski definition) is 6. The SMILES string of the molecule is COc1cccc2c1Oc1ccccc1N=C2N1CCCN(S(=O)(=O)c2ccccc2C)CC1. The lowest BCUT2D eigenvalue weighted by molar-refractivity contribution is 0.378. The highest BCUT2D eigenvalue weighted by molar-refractivity contribution is 7.89. The van der Waals surface area contributed by atoms with Gasteiger partial charge in [-0.1, -0.05) is 36.4 Å². The Bertz CT molecular complexity index is 1350. The van der Waals surface area contributed by atoms with Crippen LogP contribution in [0, 0.1) is 6.92 Å². The maximum Gasteiger partial charge on any atom is 0.243 e. The van der Waals surface area contributed by atoms with Gasteiger partial charge in [0.1, 0.15) is 11.5 Å². The molecule has 3 aromatic rings. The molecule has 0 spiro atoms. The molecular weight excluding hydrogens is 450 g/mol. The molecule has 1 saturated heterocycles. The molecule has 7 nitrogen and oxygen atoms in total. The standard InChI is InChI=1S/C26H27N3O4S/c1-19-9-3-6-14-24(19)34(30,31)29-16-8-15-28(17-18-29)26-20-10-7-13-23(32-2)25(20)33-22-12-5-4-11-21(22)27-26/h3-7,9-14H,8,15-18H2,1-2H3. The molecule has 0 N–H and O–H groups in total. The molecule has 0 saturated carbocycles. The zero-order valence-electron chi connectivity index (χ0n) is 19.3. The van der Waals surface area contributed by atoms with Gasteiger partial charge in [-0.25, -0.2) is 13.4 Å². The molecule has 1 fully saturated rings. The summed E-state index contributed by atoms with van der Waals surface area (Å²) < 4.78 is 40.2. The van der Waals surface area contributed by atoms with Crippen molar-refractivity contribution in [2.45, 2.75) is 18.2 Å². The molecule has 8 heteroatoms. The molecule has 3 aromatic carbocycles. The Hall–Kier alpha value is -3.36. The second kappa shape index (κ2) is 9.12. The molecule has 0 aromatic heterocycles. The maximum atomic E-state index is 13.4. The summed E-state index contributed by atoms with van der Waals surface area (Å²) in [4.78, 5) is 7.49. The van der Waals surface area contributed by atoms with Crippen LogP contribution in [0.1, 0.15) is 17.5 Å². The number of nitrogens with zero attached hydrogens (tertiary/aromatic N) is 3. The van der Waals surface area contributed by atoms with Crippen molar-refractivity contribution in [1.29, 1.82) is 0 Å². The number of fused-ring (bicyclic) bond motifs is 2. The van der Waals surface area contributed by atoms with Crippen LogP contribution in [0.4, 0.5) is 5.69 Å². The third-order valence-electron chi connectivity index (χ3n) is 6.21. The molecule has 0 amide bonds. The monoisotopic (exact) mass is 477 g/mol. The molecule has 0 aliphatic carbocycles. The van der Waals surface area contributed by atoms with Gasteiger partial charge in [-0.15, -0.1) is 0 Å². The fraction of sp³-hybridized carbons (Fsp3) is 0.269. The summed E-state index contributed by atoms with van der Waals surface area (Å²) >= 11 is 0. The number of sulfonamides is 1. The van der Waals surface area contributed by atoms with Crippen molar-refractivity contribution in [3.8, 4) is 17.2 Å². The van der Waals surface area contributed by atoms with E-state index in [1.807, 2.05) is 61.5 Å². The summed E-state index contributed by atoms with van der Waals surface area (Å²) in [6.45, 7) is 3.86. The van der Waals surface area contributed by atoms with Crippen LogP contribution in [0.15, 0.2) is 76.6 Å². The largest absolute Gasteiger partial charge is 0.493 e. The van der Waals surface area contributed by atoms with Crippen molar-refractivity contribution in [2.75, 3.05) is 33.3 Å². The Morgan fingerprint density at radius 3 is 2.53 bits per heavy atom. The normalized spacial score (nSPS) is 16.4. The number of methoxy groups -OCH3 is 1. The van der Waals surface area contributed by atoms with Crippen molar-refractivity contribution in [3.63, 3.8) is 0 Å². The minimum atomic E-state index is -3.58. The van der Waals surface area contributed by atoms with E-state index in [1.165, 1.54) is 0 Å². The van der Waals surface area contributed by atoms with Crippen molar-refractivity contribution < 1.29 is 17.9 Å². The lowest BCUT2D eigenvalue weighted by Gasteiger charge is -2.25. The Kier molecular flexibility index (Phi) is 6.02. The van der Waals surface area contributed by atoms with Gasteiger partial charge in [0.2, 0.25) is 10.0 Å². The first-order chi connectivity index (χ1) is 16.5. The summed E-state index contributed by atoms with van der Waals surface area (Å²) in [6.07, 6.45) is 0.686. The van der Waals surface area contributed by atoms with Gasteiger partial charge in [0.05, 0.1) is 17.6 Å². The van der Waals surface area contributed by atoms with Gasteiger partial charge in [-0.3, -0.25) is 0 Å². The Balaban J connectivity index is 1.50. The van der Waals surface area contributed by atoms with Crippen LogP contribution in [0.25, 0.3) is 0 Å². The van der Waals surface area contributed by atoms with E-state index in [1.54, 1.807) is 23.5 Å². The first kappa shape index (κ1) is 22.4. The average molecular weight is 478 g/mol. The molecule has 176 valence electrons. The first-order valence-electron chi connectivity index (χ1n) is 11.3. The molecule has 2 heterocycles. The number of hydrogen-bond donors (Lipinski definition) is 0. The highest BCUT2D eigenvalue weighted by Gasteiger charge is 2.31. The van der Waals surface area contributed by atoms with Gasteiger partial charge >= 0.3 is 0 Å². The van der Waals surface area contributed by atoms with Gasteiger partial charge in [-0.05, 0) is 49.2 Å². The number of para-hydroxylation sites is 3. The molecule has 0 radical (unpaired) electrons. The zero-order chi connectivity index (χ0) is 23.7. The van der Waals surface area contributed by atoms with Crippen molar-refractivity contribution in [3.05, 3.63) is 77.9 Å². The van der Waals surface area contributed by atoms with Crippen molar-refractivity contribution in [1.82, 2.24) is 9.21 Å². The summed E-state index contributed by atoms with van der Waals surface area (Å²) in [5.41, 5.74) is 2.31. The fourth-order valence-electron chi connectivity index (χ4n) is 4.45. The molecule has 0 unspecified atom stereocenters. The van der Waals surface area contributed by atoms with Crippen LogP contribution in [0.3, 0.4) is 0 Å². The number of benzene rings is 3. The summed E-state index contributed by atoms with van der Waals surface area (Å²) in [7, 11) is -1.96. The molecule has 0 bridgehead atoms. The highest BCUT2D eigenvalue weighted by Crippen LogP contribution is 2.42. The smallest absolute Gasteiger partial charge is 0.243 e. The molecule has 2 aliphatic rings. The Labute approximate surface area is 200 Å². The molecule has 5 rings (SSSR count). The predicted octanol–water partition coefficient (Wildman–Crippen LogP) is 4.58. The predicted molar refractivity (Wildman–Crippen MR) is 132 cm³/mol. The number of rotatable bonds is 3. The van der Waals surface area contributed by atoms with E-state index in [0.717, 1.165) is 22.6 Å². The van der Waals surface area contributed by atoms with Gasteiger partial charge in [0.15, 0.2) is 17.2 Å². The van der Waals surface area contributed by atoms with Crippen LogP contribution in [0.2, 0.25) is 0 Å². The molecule has 2 aliphatic heterocycles. The molecule has 0 atom stereocenters. The lowest BCUT2D eigenvalue weighted by atomic mass is 10.1. The average Bonchev–Trinajstić information content (AvgIpc) is 3.19. The van der Waals surface area contributed by atoms with E-state index in [0.29, 0.717) is 54.7 Å². The van der Waals surface area contributed by atoms with Gasteiger partial charge in [0, 0.05) is 26.2 Å². The zero-order valence-corrected chi connectivity index (χ0v) is 20.1. The van der Waals surface area contributed by atoms with Gasteiger partial charge in [0.25, 0.3) is 0 Å². The van der Waals surface area contributed by atoms with Crippen molar-refractivity contribution in [2.24, 2.45) is 4.99 Å². The van der Waals surface area contributed by atoms with E-state index < -0.39 is 10.0 Å².